The van der Waals surface area contributed by atoms with Crippen LogP contribution in [0.15, 0.2) is 217 Å². The van der Waals surface area contributed by atoms with Crippen molar-refractivity contribution in [3.8, 4) is 33.6 Å². The number of pyridine rings is 1. The molecular weight excluding hydrogens is 1080 g/mol. The number of imidazole rings is 1. The molecule has 4 heterocycles. The van der Waals surface area contributed by atoms with E-state index < -0.39 is 6.04 Å². The first-order valence-corrected chi connectivity index (χ1v) is 24.8. The van der Waals surface area contributed by atoms with Crippen LogP contribution in [0.2, 0.25) is 0 Å². The quantitative estimate of drug-likeness (QED) is 0.162. The van der Waals surface area contributed by atoms with E-state index in [0.29, 0.717) is 27.9 Å². The second-order valence-electron chi connectivity index (χ2n) is 21.0. The molecule has 364 valence electrons. The molecule has 5 nitrogen and oxygen atoms in total. The van der Waals surface area contributed by atoms with Gasteiger partial charge in [0.2, 0.25) is 0 Å². The Labute approximate surface area is 452 Å². The summed E-state index contributed by atoms with van der Waals surface area (Å²) in [7, 11) is 0. The maximum atomic E-state index is 8.91. The van der Waals surface area contributed by atoms with Gasteiger partial charge in [0.25, 0.3) is 0 Å². The maximum absolute atomic E-state index is 8.91. The predicted molar refractivity (Wildman–Crippen MR) is 305 cm³/mol. The average Bonchev–Trinajstić information content (AvgIpc) is 4.05. The van der Waals surface area contributed by atoms with Crippen LogP contribution in [0.1, 0.15) is 59.5 Å². The topological polar surface area (TPSA) is 40.3 Å². The smallest absolute Gasteiger partial charge is 0.136 e. The van der Waals surface area contributed by atoms with Crippen molar-refractivity contribution in [2.45, 2.75) is 52.4 Å². The van der Waals surface area contributed by atoms with Crippen LogP contribution in [0.25, 0.3) is 116 Å². The molecule has 0 unspecified atom stereocenters. The minimum atomic E-state index is -0.433. The molecule has 13 rings (SSSR count). The Balaban J connectivity index is 0.00000623. The van der Waals surface area contributed by atoms with Crippen LogP contribution in [-0.4, -0.2) is 18.5 Å². The molecule has 0 radical (unpaired) electrons. The second kappa shape index (κ2) is 18.1. The Hall–Kier alpha value is -8.11. The molecule has 0 fully saturated rings. The number of benzene rings is 9. The average molecular weight is 1140 g/mol. The van der Waals surface area contributed by atoms with E-state index in [2.05, 4.69) is 219 Å². The van der Waals surface area contributed by atoms with Crippen LogP contribution < -0.4 is 0 Å². The van der Waals surface area contributed by atoms with Gasteiger partial charge >= 0.3 is 0 Å². The summed E-state index contributed by atoms with van der Waals surface area (Å²) in [5, 5.41) is 6.80. The number of fused-ring (bicyclic) bond motifs is 23. The molecule has 6 heteroatoms. The van der Waals surface area contributed by atoms with Gasteiger partial charge in [0, 0.05) is 49.5 Å². The van der Waals surface area contributed by atoms with E-state index in [1.807, 2.05) is 30.3 Å². The van der Waals surface area contributed by atoms with Gasteiger partial charge in [0.1, 0.15) is 5.65 Å². The zero-order chi connectivity index (χ0) is 53.9. The predicted octanol–water partition coefficient (Wildman–Crippen LogP) is 18.1. The normalized spacial score (nSPS) is 13.0. The number of hydrogen-bond acceptors (Lipinski definition) is 2. The van der Waals surface area contributed by atoms with Gasteiger partial charge in [-0.15, -0.1) is 29.1 Å². The van der Waals surface area contributed by atoms with Crippen molar-refractivity contribution in [1.82, 2.24) is 18.5 Å². The third-order valence-corrected chi connectivity index (χ3v) is 14.2. The van der Waals surface area contributed by atoms with E-state index in [-0.39, 0.29) is 61.6 Å². The van der Waals surface area contributed by atoms with Crippen molar-refractivity contribution in [3.63, 3.8) is 0 Å². The van der Waals surface area contributed by atoms with Crippen molar-refractivity contribution in [1.29, 1.82) is 0 Å². The summed E-state index contributed by atoms with van der Waals surface area (Å²) < 4.78 is 56.8. The first-order valence-electron chi connectivity index (χ1n) is 27.3. The zero-order valence-electron chi connectivity index (χ0n) is 46.8. The van der Waals surface area contributed by atoms with E-state index in [0.717, 1.165) is 93.4 Å². The Kier molecular flexibility index (Phi) is 10.1. The molecule has 3 aromatic heterocycles. The number of aromatic nitrogens is 4. The van der Waals surface area contributed by atoms with E-state index in [1.165, 1.54) is 0 Å². The van der Waals surface area contributed by atoms with Crippen LogP contribution in [-0.2, 0) is 31.9 Å². The molecule has 0 saturated heterocycles. The van der Waals surface area contributed by atoms with Gasteiger partial charge in [-0.3, -0.25) is 0 Å². The molecule has 10 bridgehead atoms. The van der Waals surface area contributed by atoms with Gasteiger partial charge in [-0.05, 0) is 107 Å². The maximum Gasteiger partial charge on any atom is 0.136 e. The summed E-state index contributed by atoms with van der Waals surface area (Å²) in [5.74, 6) is 0. The van der Waals surface area contributed by atoms with Gasteiger partial charge in [0.15, 0.2) is 0 Å². The van der Waals surface area contributed by atoms with Crippen LogP contribution in [0.4, 0.5) is 0 Å². The summed E-state index contributed by atoms with van der Waals surface area (Å²) in [6, 6.07) is 66.9. The Morgan fingerprint density at radius 1 is 0.514 bits per heavy atom. The second-order valence-corrected chi connectivity index (χ2v) is 21.0. The van der Waals surface area contributed by atoms with Crippen LogP contribution >= 0.6 is 0 Å². The molecule has 9 aromatic carbocycles. The number of rotatable bonds is 2. The first-order chi connectivity index (χ1) is 37.5. The van der Waals surface area contributed by atoms with Gasteiger partial charge in [0.05, 0.1) is 12.4 Å². The molecule has 74 heavy (non-hydrogen) atoms. The summed E-state index contributed by atoms with van der Waals surface area (Å²) in [4.78, 5) is 5.56. The monoisotopic (exact) mass is 1140 g/mol. The van der Waals surface area contributed by atoms with E-state index >= 15 is 0 Å². The minimum Gasteiger partial charge on any atom is -0.510 e. The Morgan fingerprint density at radius 2 is 1.20 bits per heavy atom. The minimum absolute atomic E-state index is 0. The van der Waals surface area contributed by atoms with E-state index in [1.54, 1.807) is 0 Å². The third kappa shape index (κ3) is 8.17. The molecular formula is C68H53N4OPt-3. The molecule has 12 aromatic rings. The van der Waals surface area contributed by atoms with Crippen molar-refractivity contribution >= 4 is 82.1 Å². The summed E-state index contributed by atoms with van der Waals surface area (Å²) in [6.07, 6.45) is 2.18. The van der Waals surface area contributed by atoms with Crippen LogP contribution in [0.3, 0.4) is 0 Å². The van der Waals surface area contributed by atoms with Gasteiger partial charge in [-0.2, -0.15) is 23.8 Å². The molecule has 0 saturated carbocycles. The molecule has 0 atom stereocenters. The molecule has 0 N–H and O–H groups in total. The fourth-order valence-electron chi connectivity index (χ4n) is 10.4. The molecule has 0 spiro atoms. The van der Waals surface area contributed by atoms with E-state index in [4.69, 9.17) is 16.3 Å². The van der Waals surface area contributed by atoms with Crippen molar-refractivity contribution in [3.05, 3.63) is 236 Å². The van der Waals surface area contributed by atoms with E-state index in [9.17, 15) is 0 Å². The van der Waals surface area contributed by atoms with Crippen LogP contribution in [0.5, 0.6) is 0 Å². The van der Waals surface area contributed by atoms with Crippen molar-refractivity contribution in [2.75, 3.05) is 0 Å². The SMILES string of the molecule is [2H]c1c([2H])c([2H])c(-c2ccc3c(c2)c2ccc4[c-]c2n3c2cc(C(C)(C)C)cc(n2)c2cccc(c2)c2ccccc2c2cccc(-c3ccccc3)c2n2[cH-]n(c3[c-]c(cc(C(C)(C)C)c3)o4)-c3ccccc3-2)c([2H])c1[2H].[Pt]. The summed E-state index contributed by atoms with van der Waals surface area (Å²) in [5.41, 5.74) is 12.2. The summed E-state index contributed by atoms with van der Waals surface area (Å²) >= 11 is 0. The molecule has 1 aliphatic heterocycles. The first kappa shape index (κ1) is 41.4. The fourth-order valence-corrected chi connectivity index (χ4v) is 10.4. The molecule has 0 amide bonds. The van der Waals surface area contributed by atoms with Crippen molar-refractivity contribution < 1.29 is 32.3 Å². The number of hydrogen-bond donors (Lipinski definition) is 0. The number of nitrogens with zero attached hydrogens (tertiary/aromatic N) is 4. The molecule has 1 aliphatic rings. The van der Waals surface area contributed by atoms with Gasteiger partial charge in [-0.1, -0.05) is 205 Å². The zero-order valence-corrected chi connectivity index (χ0v) is 44.1. The summed E-state index contributed by atoms with van der Waals surface area (Å²) in [6.45, 7) is 13.2. The third-order valence-electron chi connectivity index (χ3n) is 14.2. The largest absolute Gasteiger partial charge is 0.510 e. The van der Waals surface area contributed by atoms with Gasteiger partial charge in [-0.25, -0.2) is 4.98 Å². The van der Waals surface area contributed by atoms with Crippen molar-refractivity contribution in [2.24, 2.45) is 0 Å². The number of para-hydroxylation sites is 3. The Morgan fingerprint density at radius 3 is 1.99 bits per heavy atom. The standard InChI is InChI=1S/C68H53N4O.Pt/c1-67(2,3)49-37-51-41-53(38-49)73-52-32-33-57-59-36-46(44-19-9-7-10-20-44)31-34-61(59)72(64(57)42-52)65-40-50(68(4,5)6)39-60(69-65)48-24-17-23-47(35-48)54-25-13-14-26-56(54)58-28-18-27-55(45-21-11-8-12-22-45)66(58)71-43-70(51)62-29-15-16-30-63(62)71;/h7-40,43H,1-6H3;/q-3;/i7D,9D,10D,19D,20D;. The molecule has 0 aliphatic carbocycles. The van der Waals surface area contributed by atoms with Crippen LogP contribution in [0, 0.1) is 12.1 Å². The fraction of sp³-hybridized carbons (Fsp3) is 0.118. The van der Waals surface area contributed by atoms with Gasteiger partial charge < -0.3 is 18.0 Å². The Bertz CT molecular complexity index is 4750.